The Hall–Kier alpha value is -3.75. The molecule has 1 saturated heterocycles. The third-order valence-corrected chi connectivity index (χ3v) is 5.55. The van der Waals surface area contributed by atoms with Crippen LogP contribution in [-0.2, 0) is 24.7 Å². The van der Waals surface area contributed by atoms with Gasteiger partial charge in [0.05, 0.1) is 18.6 Å². The Morgan fingerprint density at radius 2 is 1.71 bits per heavy atom. The van der Waals surface area contributed by atoms with Crippen molar-refractivity contribution < 1.29 is 28.3 Å². The van der Waals surface area contributed by atoms with Crippen molar-refractivity contribution >= 4 is 23.8 Å². The Labute approximate surface area is 197 Å². The molecule has 1 aliphatic rings. The van der Waals surface area contributed by atoms with Gasteiger partial charge in [-0.15, -0.1) is 0 Å². The lowest BCUT2D eigenvalue weighted by Crippen LogP contribution is -2.44. The number of nitrogens with one attached hydrogen (secondary N) is 2. The number of hydrogen-bond donors (Lipinski definition) is 2. The predicted octanol–water partition coefficient (Wildman–Crippen LogP) is 3.10. The van der Waals surface area contributed by atoms with Gasteiger partial charge in [0.2, 0.25) is 5.91 Å². The van der Waals surface area contributed by atoms with Gasteiger partial charge in [0.15, 0.2) is 0 Å². The van der Waals surface area contributed by atoms with Gasteiger partial charge in [0, 0.05) is 0 Å². The van der Waals surface area contributed by atoms with E-state index < -0.39 is 47.8 Å². The Morgan fingerprint density at radius 3 is 2.29 bits per heavy atom. The summed E-state index contributed by atoms with van der Waals surface area (Å²) in [6, 6.07) is 11.1. The molecule has 8 nitrogen and oxygen atoms in total. The Kier molecular flexibility index (Phi) is 7.34. The molecule has 1 aliphatic heterocycles. The zero-order chi connectivity index (χ0) is 25.0. The van der Waals surface area contributed by atoms with Crippen LogP contribution in [0.15, 0.2) is 48.5 Å². The number of rotatable bonds is 8. The van der Waals surface area contributed by atoms with Crippen LogP contribution in [0.5, 0.6) is 0 Å². The molecule has 1 fully saturated rings. The molecule has 2 unspecified atom stereocenters. The molecule has 4 amide bonds. The minimum absolute atomic E-state index is 0.111. The van der Waals surface area contributed by atoms with Gasteiger partial charge in [-0.25, -0.2) is 9.18 Å². The number of amides is 4. The van der Waals surface area contributed by atoms with E-state index in [9.17, 15) is 23.6 Å². The number of esters is 1. The Morgan fingerprint density at radius 1 is 1.09 bits per heavy atom. The summed E-state index contributed by atoms with van der Waals surface area (Å²) in [5, 5.41) is 5.31. The average Bonchev–Trinajstić information content (AvgIpc) is 2.97. The van der Waals surface area contributed by atoms with E-state index in [2.05, 4.69) is 10.6 Å². The molecule has 2 N–H and O–H groups in total. The highest BCUT2D eigenvalue weighted by Crippen LogP contribution is 2.29. The maximum atomic E-state index is 13.3. The lowest BCUT2D eigenvalue weighted by atomic mass is 9.92. The van der Waals surface area contributed by atoms with Gasteiger partial charge in [0.25, 0.3) is 5.91 Å². The van der Waals surface area contributed by atoms with Crippen molar-refractivity contribution in [2.24, 2.45) is 0 Å². The van der Waals surface area contributed by atoms with Gasteiger partial charge in [0.1, 0.15) is 17.9 Å². The lowest BCUT2D eigenvalue weighted by Gasteiger charge is -2.23. The number of carbonyl (C=O) groups is 4. The molecule has 0 aromatic heterocycles. The monoisotopic (exact) mass is 469 g/mol. The number of halogens is 1. The lowest BCUT2D eigenvalue weighted by molar-refractivity contribution is -0.148. The highest BCUT2D eigenvalue weighted by molar-refractivity contribution is 6.09. The molecule has 1 heterocycles. The fourth-order valence-corrected chi connectivity index (χ4v) is 3.73. The van der Waals surface area contributed by atoms with E-state index in [4.69, 9.17) is 4.74 Å². The second-order valence-electron chi connectivity index (χ2n) is 8.73. The van der Waals surface area contributed by atoms with Gasteiger partial charge in [-0.3, -0.25) is 19.3 Å². The van der Waals surface area contributed by atoms with E-state index in [0.717, 1.165) is 10.5 Å². The van der Waals surface area contributed by atoms with Crippen LogP contribution in [0, 0.1) is 12.7 Å². The van der Waals surface area contributed by atoms with E-state index in [0.29, 0.717) is 11.1 Å². The molecule has 0 radical (unpaired) electrons. The maximum Gasteiger partial charge on any atom is 0.325 e. The first-order chi connectivity index (χ1) is 16.0. The topological polar surface area (TPSA) is 105 Å². The smallest absolute Gasteiger partial charge is 0.325 e. The number of aryl methyl sites for hydroxylation is 1. The quantitative estimate of drug-likeness (QED) is 0.457. The van der Waals surface area contributed by atoms with Crippen LogP contribution < -0.4 is 10.6 Å². The number of hydrogen-bond acceptors (Lipinski definition) is 5. The Bertz CT molecular complexity index is 1080. The summed E-state index contributed by atoms with van der Waals surface area (Å²) < 4.78 is 18.5. The second kappa shape index (κ2) is 10.0. The zero-order valence-corrected chi connectivity index (χ0v) is 19.6. The number of imide groups is 1. The standard InChI is InChI=1S/C25H28FN3O5/c1-15(2)34-22(31)13-20(17-7-5-16(3)6-8-17)27-21(30)14-29-23(32)25(4,28-24(29)33)18-9-11-19(26)12-10-18/h5-12,15,20H,13-14H2,1-4H3,(H,27,30)(H,28,33). The molecule has 0 aliphatic carbocycles. The summed E-state index contributed by atoms with van der Waals surface area (Å²) in [7, 11) is 0. The van der Waals surface area contributed by atoms with Gasteiger partial charge in [-0.2, -0.15) is 0 Å². The van der Waals surface area contributed by atoms with E-state index in [1.807, 2.05) is 19.1 Å². The van der Waals surface area contributed by atoms with E-state index >= 15 is 0 Å². The van der Waals surface area contributed by atoms with Crippen LogP contribution >= 0.6 is 0 Å². The molecule has 2 aromatic rings. The van der Waals surface area contributed by atoms with Crippen LogP contribution in [-0.4, -0.2) is 41.4 Å². The van der Waals surface area contributed by atoms with Crippen LogP contribution in [0.25, 0.3) is 0 Å². The van der Waals surface area contributed by atoms with Crippen LogP contribution in [0.2, 0.25) is 0 Å². The van der Waals surface area contributed by atoms with Crippen molar-refractivity contribution in [3.8, 4) is 0 Å². The van der Waals surface area contributed by atoms with Crippen molar-refractivity contribution in [3.63, 3.8) is 0 Å². The van der Waals surface area contributed by atoms with Crippen molar-refractivity contribution in [1.29, 1.82) is 0 Å². The normalized spacial score (nSPS) is 18.6. The van der Waals surface area contributed by atoms with Gasteiger partial charge >= 0.3 is 12.0 Å². The highest BCUT2D eigenvalue weighted by atomic mass is 19.1. The number of nitrogens with zero attached hydrogens (tertiary/aromatic N) is 1. The number of urea groups is 1. The largest absolute Gasteiger partial charge is 0.463 e. The molecule has 34 heavy (non-hydrogen) atoms. The van der Waals surface area contributed by atoms with Crippen molar-refractivity contribution in [2.45, 2.75) is 51.8 Å². The molecule has 3 rings (SSSR count). The molecule has 0 saturated carbocycles. The van der Waals surface area contributed by atoms with Crippen molar-refractivity contribution in [3.05, 3.63) is 71.0 Å². The number of benzene rings is 2. The zero-order valence-electron chi connectivity index (χ0n) is 19.6. The SMILES string of the molecule is Cc1ccc(C(CC(=O)OC(C)C)NC(=O)CN2C(=O)NC(C)(c3ccc(F)cc3)C2=O)cc1. The van der Waals surface area contributed by atoms with Crippen molar-refractivity contribution in [2.75, 3.05) is 6.54 Å². The Balaban J connectivity index is 1.74. The summed E-state index contributed by atoms with van der Waals surface area (Å²) in [4.78, 5) is 51.5. The first-order valence-corrected chi connectivity index (χ1v) is 10.9. The molecule has 180 valence electrons. The van der Waals surface area contributed by atoms with Crippen LogP contribution in [0.1, 0.15) is 49.9 Å². The molecule has 9 heteroatoms. The van der Waals surface area contributed by atoms with E-state index in [-0.39, 0.29) is 12.5 Å². The summed E-state index contributed by atoms with van der Waals surface area (Å²) in [5.74, 6) is -2.21. The number of ether oxygens (including phenoxy) is 1. The molecular weight excluding hydrogens is 441 g/mol. The predicted molar refractivity (Wildman–Crippen MR) is 122 cm³/mol. The number of carbonyl (C=O) groups excluding carboxylic acids is 4. The summed E-state index contributed by atoms with van der Waals surface area (Å²) in [5.41, 5.74) is 0.665. The van der Waals surface area contributed by atoms with E-state index in [1.54, 1.807) is 26.0 Å². The van der Waals surface area contributed by atoms with Crippen LogP contribution in [0.3, 0.4) is 0 Å². The fourth-order valence-electron chi connectivity index (χ4n) is 3.73. The average molecular weight is 470 g/mol. The minimum atomic E-state index is -1.43. The maximum absolute atomic E-state index is 13.3. The van der Waals surface area contributed by atoms with Gasteiger partial charge < -0.3 is 15.4 Å². The first-order valence-electron chi connectivity index (χ1n) is 10.9. The van der Waals surface area contributed by atoms with Crippen LogP contribution in [0.4, 0.5) is 9.18 Å². The molecule has 0 bridgehead atoms. The fraction of sp³-hybridized carbons (Fsp3) is 0.360. The highest BCUT2D eigenvalue weighted by Gasteiger charge is 2.49. The molecule has 2 atom stereocenters. The molecule has 0 spiro atoms. The summed E-state index contributed by atoms with van der Waals surface area (Å²) in [6.07, 6.45) is -0.419. The third kappa shape index (κ3) is 5.59. The second-order valence-corrected chi connectivity index (χ2v) is 8.73. The van der Waals surface area contributed by atoms with E-state index in [1.165, 1.54) is 31.2 Å². The molecular formula is C25H28FN3O5. The summed E-state index contributed by atoms with van der Waals surface area (Å²) >= 11 is 0. The van der Waals surface area contributed by atoms with Crippen molar-refractivity contribution in [1.82, 2.24) is 15.5 Å². The summed E-state index contributed by atoms with van der Waals surface area (Å²) in [6.45, 7) is 6.33. The minimum Gasteiger partial charge on any atom is -0.463 e. The first kappa shape index (κ1) is 24.9. The van der Waals surface area contributed by atoms with Gasteiger partial charge in [-0.1, -0.05) is 42.0 Å². The third-order valence-electron chi connectivity index (χ3n) is 5.55. The van der Waals surface area contributed by atoms with Gasteiger partial charge in [-0.05, 0) is 51.0 Å². The molecule has 2 aromatic carbocycles.